The van der Waals surface area contributed by atoms with Crippen molar-refractivity contribution in [1.82, 2.24) is 4.98 Å². The van der Waals surface area contributed by atoms with Gasteiger partial charge in [-0.05, 0) is 63.2 Å². The van der Waals surface area contributed by atoms with E-state index in [1.807, 2.05) is 19.9 Å². The summed E-state index contributed by atoms with van der Waals surface area (Å²) in [6.45, 7) is 8.60. The van der Waals surface area contributed by atoms with Crippen LogP contribution in [0.1, 0.15) is 64.6 Å². The highest BCUT2D eigenvalue weighted by molar-refractivity contribution is 5.97. The highest BCUT2D eigenvalue weighted by Crippen LogP contribution is 2.72. The summed E-state index contributed by atoms with van der Waals surface area (Å²) in [6.07, 6.45) is 3.63. The molecule has 2 unspecified atom stereocenters. The summed E-state index contributed by atoms with van der Waals surface area (Å²) < 4.78 is 19.4. The molecule has 3 aliphatic carbocycles. The van der Waals surface area contributed by atoms with Gasteiger partial charge in [-0.15, -0.1) is 0 Å². The van der Waals surface area contributed by atoms with Crippen LogP contribution in [0, 0.1) is 11.3 Å². The molecule has 1 spiro atoms. The van der Waals surface area contributed by atoms with Crippen molar-refractivity contribution < 1.29 is 29.2 Å². The van der Waals surface area contributed by atoms with Crippen LogP contribution in [0.3, 0.4) is 0 Å². The van der Waals surface area contributed by atoms with Crippen LogP contribution in [0.25, 0.3) is 10.9 Å². The number of nitrogens with one attached hydrogen (secondary N) is 1. The molecule has 37 heavy (non-hydrogen) atoms. The molecule has 7 nitrogen and oxygen atoms in total. The highest BCUT2D eigenvalue weighted by atomic mass is 16.8. The minimum Gasteiger partial charge on any atom is -0.396 e. The molecule has 5 aliphatic rings. The molecule has 2 aliphatic heterocycles. The number of aromatic amines is 1. The van der Waals surface area contributed by atoms with Crippen molar-refractivity contribution in [1.29, 1.82) is 0 Å². The second-order valence-corrected chi connectivity index (χ2v) is 12.8. The molecule has 3 N–H and O–H groups in total. The smallest absolute Gasteiger partial charge is 0.195 e. The van der Waals surface area contributed by atoms with E-state index < -0.39 is 34.6 Å². The van der Waals surface area contributed by atoms with Crippen molar-refractivity contribution in [3.05, 3.63) is 47.2 Å². The Morgan fingerprint density at radius 3 is 2.73 bits per heavy atom. The standard InChI is InChI=1S/C30H37NO6/c1-26(2)25-21(33)16-22-29(36-25,37-26)11-10-27(3)28(4)17(15-23(30(22,27)34)35-13-7-12-32)14-19-18-8-5-6-9-20(18)31-24(19)28/h5-6,8-9,16-17,23,25,31-32,34H,7,10-15H2,1-4H3/t17-,23+,25?,27?,28-,29+,30+/m1/s1. The minimum atomic E-state index is -1.49. The molecule has 198 valence electrons. The van der Waals surface area contributed by atoms with Gasteiger partial charge in [0.05, 0.1) is 6.10 Å². The van der Waals surface area contributed by atoms with Gasteiger partial charge in [0.2, 0.25) is 0 Å². The molecule has 2 bridgehead atoms. The third-order valence-corrected chi connectivity index (χ3v) is 10.9. The fraction of sp³-hybridized carbons (Fsp3) is 0.633. The summed E-state index contributed by atoms with van der Waals surface area (Å²) in [6, 6.07) is 8.42. The van der Waals surface area contributed by atoms with Crippen LogP contribution in [0.4, 0.5) is 0 Å². The molecule has 1 aromatic heterocycles. The van der Waals surface area contributed by atoms with E-state index in [9.17, 15) is 15.0 Å². The number of aliphatic hydroxyl groups excluding tert-OH is 1. The van der Waals surface area contributed by atoms with Crippen LogP contribution < -0.4 is 0 Å². The number of aromatic nitrogens is 1. The molecule has 3 heterocycles. The van der Waals surface area contributed by atoms with Gasteiger partial charge >= 0.3 is 0 Å². The van der Waals surface area contributed by atoms with Crippen LogP contribution in [0.15, 0.2) is 35.9 Å². The van der Waals surface area contributed by atoms with Crippen molar-refractivity contribution in [3.8, 4) is 0 Å². The summed E-state index contributed by atoms with van der Waals surface area (Å²) >= 11 is 0. The molecule has 3 fully saturated rings. The first-order valence-electron chi connectivity index (χ1n) is 13.7. The van der Waals surface area contributed by atoms with E-state index in [2.05, 4.69) is 37.0 Å². The van der Waals surface area contributed by atoms with Gasteiger partial charge in [-0.3, -0.25) is 4.79 Å². The Morgan fingerprint density at radius 2 is 1.95 bits per heavy atom. The molecule has 0 radical (unpaired) electrons. The average molecular weight is 508 g/mol. The van der Waals surface area contributed by atoms with Crippen LogP contribution in [0.5, 0.6) is 0 Å². The molecule has 2 aromatic rings. The van der Waals surface area contributed by atoms with Gasteiger partial charge in [0, 0.05) is 52.6 Å². The van der Waals surface area contributed by atoms with Crippen molar-refractivity contribution in [2.75, 3.05) is 13.2 Å². The topological polar surface area (TPSA) is 101 Å². The van der Waals surface area contributed by atoms with Gasteiger partial charge in [0.15, 0.2) is 17.7 Å². The molecule has 2 saturated carbocycles. The first kappa shape index (κ1) is 24.0. The molecular formula is C30H37NO6. The van der Waals surface area contributed by atoms with Crippen LogP contribution >= 0.6 is 0 Å². The van der Waals surface area contributed by atoms with Gasteiger partial charge in [-0.1, -0.05) is 32.0 Å². The van der Waals surface area contributed by atoms with E-state index in [-0.39, 0.29) is 23.7 Å². The third-order valence-electron chi connectivity index (χ3n) is 10.9. The monoisotopic (exact) mass is 507 g/mol. The Labute approximate surface area is 217 Å². The quantitative estimate of drug-likeness (QED) is 0.546. The number of carbonyl (C=O) groups excluding carboxylic acids is 1. The lowest BCUT2D eigenvalue weighted by Crippen LogP contribution is -2.74. The zero-order chi connectivity index (χ0) is 26.0. The number of benzene rings is 1. The van der Waals surface area contributed by atoms with E-state index in [1.165, 1.54) is 16.6 Å². The molecule has 7 rings (SSSR count). The number of ether oxygens (including phenoxy) is 3. The largest absolute Gasteiger partial charge is 0.396 e. The second kappa shape index (κ2) is 7.33. The van der Waals surface area contributed by atoms with Crippen molar-refractivity contribution >= 4 is 16.7 Å². The summed E-state index contributed by atoms with van der Waals surface area (Å²) in [4.78, 5) is 17.1. The zero-order valence-corrected chi connectivity index (χ0v) is 22.1. The SMILES string of the molecule is CC1(C)O[C@@]23CCC4(C)[C@@]5(C)c6[nH]c7ccccc7c6C[C@@H]5C[C@H](OCCCO)[C@@]4(O)C2=CC(=O)C1O3. The zero-order valence-electron chi connectivity index (χ0n) is 22.1. The van der Waals surface area contributed by atoms with E-state index in [4.69, 9.17) is 14.2 Å². The normalized spacial score (nSPS) is 43.2. The Kier molecular flexibility index (Phi) is 4.76. The number of fused-ring (bicyclic) bond motifs is 9. The van der Waals surface area contributed by atoms with Crippen molar-refractivity contribution in [3.63, 3.8) is 0 Å². The third kappa shape index (κ3) is 2.67. The Bertz CT molecular complexity index is 1340. The summed E-state index contributed by atoms with van der Waals surface area (Å²) in [5, 5.41) is 23.8. The highest BCUT2D eigenvalue weighted by Gasteiger charge is 2.78. The summed E-state index contributed by atoms with van der Waals surface area (Å²) in [5.41, 5.74) is 0.819. The van der Waals surface area contributed by atoms with Crippen LogP contribution in [-0.2, 0) is 30.8 Å². The maximum atomic E-state index is 13.4. The Morgan fingerprint density at radius 1 is 1.16 bits per heavy atom. The lowest BCUT2D eigenvalue weighted by molar-refractivity contribution is -0.280. The number of hydrogen-bond acceptors (Lipinski definition) is 6. The molecule has 1 aromatic carbocycles. The fourth-order valence-electron chi connectivity index (χ4n) is 8.88. The van der Waals surface area contributed by atoms with Crippen LogP contribution in [-0.4, -0.2) is 63.4 Å². The molecule has 7 atom stereocenters. The predicted molar refractivity (Wildman–Crippen MR) is 137 cm³/mol. The average Bonchev–Trinajstić information content (AvgIpc) is 3.44. The predicted octanol–water partition coefficient (Wildman–Crippen LogP) is 3.70. The van der Waals surface area contributed by atoms with E-state index in [1.54, 1.807) is 6.08 Å². The van der Waals surface area contributed by atoms with Gasteiger partial charge in [0.1, 0.15) is 11.2 Å². The van der Waals surface area contributed by atoms with Crippen molar-refractivity contribution in [2.24, 2.45) is 11.3 Å². The maximum absolute atomic E-state index is 13.4. The van der Waals surface area contributed by atoms with E-state index >= 15 is 0 Å². The van der Waals surface area contributed by atoms with E-state index in [0.29, 0.717) is 37.9 Å². The number of rotatable bonds is 4. The van der Waals surface area contributed by atoms with Gasteiger partial charge < -0.3 is 29.4 Å². The minimum absolute atomic E-state index is 0.0212. The fourth-order valence-corrected chi connectivity index (χ4v) is 8.88. The summed E-state index contributed by atoms with van der Waals surface area (Å²) in [5.74, 6) is -1.05. The summed E-state index contributed by atoms with van der Waals surface area (Å²) in [7, 11) is 0. The number of H-pyrrole nitrogens is 1. The number of para-hydroxylation sites is 1. The van der Waals surface area contributed by atoms with Crippen LogP contribution in [0.2, 0.25) is 0 Å². The molecule has 7 heteroatoms. The maximum Gasteiger partial charge on any atom is 0.195 e. The number of ketones is 1. The lowest BCUT2D eigenvalue weighted by atomic mass is 9.41. The van der Waals surface area contributed by atoms with Gasteiger partial charge in [-0.25, -0.2) is 0 Å². The second-order valence-electron chi connectivity index (χ2n) is 12.8. The molecule has 0 amide bonds. The lowest BCUT2D eigenvalue weighted by Gasteiger charge is -2.67. The first-order chi connectivity index (χ1) is 17.5. The Balaban J connectivity index is 1.43. The van der Waals surface area contributed by atoms with Gasteiger partial charge in [-0.2, -0.15) is 0 Å². The first-order valence-corrected chi connectivity index (χ1v) is 13.7. The molecule has 1 saturated heterocycles. The van der Waals surface area contributed by atoms with Crippen molar-refractivity contribution in [2.45, 2.75) is 94.4 Å². The number of aliphatic hydroxyl groups is 2. The van der Waals surface area contributed by atoms with Gasteiger partial charge in [0.25, 0.3) is 0 Å². The Hall–Kier alpha value is -2.03. The number of carbonyl (C=O) groups is 1. The molecular weight excluding hydrogens is 470 g/mol. The van der Waals surface area contributed by atoms with E-state index in [0.717, 1.165) is 11.9 Å². The number of hydrogen-bond donors (Lipinski definition) is 3.